The molecule has 1 unspecified atom stereocenters. The van der Waals surface area contributed by atoms with E-state index in [0.717, 1.165) is 15.6 Å². The summed E-state index contributed by atoms with van der Waals surface area (Å²) in [4.78, 5) is 0. The molecule has 0 aliphatic heterocycles. The van der Waals surface area contributed by atoms with Crippen molar-refractivity contribution in [1.82, 2.24) is 0 Å². The molecule has 4 heteroatoms. The molecule has 0 amide bonds. The van der Waals surface area contributed by atoms with Crippen molar-refractivity contribution in [3.63, 3.8) is 0 Å². The van der Waals surface area contributed by atoms with Crippen LogP contribution in [0.5, 0.6) is 11.5 Å². The summed E-state index contributed by atoms with van der Waals surface area (Å²) in [6.45, 7) is 0. The smallest absolute Gasteiger partial charge is 0.160 e. The van der Waals surface area contributed by atoms with Gasteiger partial charge in [-0.25, -0.2) is 0 Å². The van der Waals surface area contributed by atoms with Crippen molar-refractivity contribution >= 4 is 15.9 Å². The fourth-order valence-corrected chi connectivity index (χ4v) is 2.64. The number of methoxy groups -OCH3 is 2. The molecule has 0 aliphatic rings. The van der Waals surface area contributed by atoms with Gasteiger partial charge in [-0.2, -0.15) is 0 Å². The second-order valence-corrected chi connectivity index (χ2v) is 5.29. The summed E-state index contributed by atoms with van der Waals surface area (Å²) in [5.74, 6) is 1.36. The molecule has 2 aromatic carbocycles. The van der Waals surface area contributed by atoms with Crippen molar-refractivity contribution in [1.29, 1.82) is 0 Å². The Labute approximate surface area is 127 Å². The lowest BCUT2D eigenvalue weighted by Gasteiger charge is -2.14. The van der Waals surface area contributed by atoms with Crippen molar-refractivity contribution in [3.05, 3.63) is 58.1 Å². The number of benzene rings is 2. The van der Waals surface area contributed by atoms with Crippen LogP contribution in [0.15, 0.2) is 46.9 Å². The number of aliphatic hydroxyl groups is 1. The summed E-state index contributed by atoms with van der Waals surface area (Å²) in [5.41, 5.74) is 1.87. The van der Waals surface area contributed by atoms with E-state index in [9.17, 15) is 5.11 Å². The van der Waals surface area contributed by atoms with E-state index in [1.807, 2.05) is 42.5 Å². The van der Waals surface area contributed by atoms with E-state index in [1.165, 1.54) is 0 Å². The summed E-state index contributed by atoms with van der Waals surface area (Å²) in [7, 11) is 3.21. The van der Waals surface area contributed by atoms with Crippen molar-refractivity contribution in [3.8, 4) is 11.5 Å². The van der Waals surface area contributed by atoms with E-state index in [4.69, 9.17) is 9.47 Å². The van der Waals surface area contributed by atoms with Crippen molar-refractivity contribution in [2.24, 2.45) is 0 Å². The summed E-state index contributed by atoms with van der Waals surface area (Å²) >= 11 is 3.46. The number of hydrogen-bond acceptors (Lipinski definition) is 3. The monoisotopic (exact) mass is 336 g/mol. The van der Waals surface area contributed by atoms with Crippen LogP contribution in [0, 0.1) is 0 Å². The highest BCUT2D eigenvalue weighted by atomic mass is 79.9. The normalized spacial score (nSPS) is 12.0. The van der Waals surface area contributed by atoms with Crippen molar-refractivity contribution in [2.75, 3.05) is 14.2 Å². The van der Waals surface area contributed by atoms with E-state index in [2.05, 4.69) is 15.9 Å². The zero-order valence-electron chi connectivity index (χ0n) is 11.5. The van der Waals surface area contributed by atoms with E-state index in [0.29, 0.717) is 17.9 Å². The second-order valence-electron chi connectivity index (χ2n) is 4.43. The van der Waals surface area contributed by atoms with Crippen LogP contribution in [0.3, 0.4) is 0 Å². The van der Waals surface area contributed by atoms with Crippen LogP contribution in [0.1, 0.15) is 17.2 Å². The Hall–Kier alpha value is -1.52. The molecule has 0 radical (unpaired) electrons. The van der Waals surface area contributed by atoms with Gasteiger partial charge >= 0.3 is 0 Å². The Bertz CT molecular complexity index is 584. The molecule has 0 fully saturated rings. The van der Waals surface area contributed by atoms with Crippen LogP contribution in [-0.4, -0.2) is 19.3 Å². The molecule has 1 N–H and O–H groups in total. The highest BCUT2D eigenvalue weighted by Crippen LogP contribution is 2.31. The molecular formula is C16H17BrO3. The maximum absolute atomic E-state index is 10.3. The molecule has 1 atom stereocenters. The third kappa shape index (κ3) is 3.32. The van der Waals surface area contributed by atoms with Gasteiger partial charge in [0.25, 0.3) is 0 Å². The number of aliphatic hydroxyl groups excluding tert-OH is 1. The first-order chi connectivity index (χ1) is 9.65. The van der Waals surface area contributed by atoms with Gasteiger partial charge in [0, 0.05) is 10.9 Å². The van der Waals surface area contributed by atoms with Gasteiger partial charge in [-0.1, -0.05) is 40.2 Å². The van der Waals surface area contributed by atoms with Crippen LogP contribution in [0.25, 0.3) is 0 Å². The van der Waals surface area contributed by atoms with Crippen molar-refractivity contribution in [2.45, 2.75) is 12.5 Å². The summed E-state index contributed by atoms with van der Waals surface area (Å²) in [6, 6.07) is 13.3. The van der Waals surface area contributed by atoms with Gasteiger partial charge in [-0.3, -0.25) is 0 Å². The molecule has 0 heterocycles. The maximum atomic E-state index is 10.3. The van der Waals surface area contributed by atoms with E-state index >= 15 is 0 Å². The molecular weight excluding hydrogens is 320 g/mol. The molecule has 0 aliphatic carbocycles. The maximum Gasteiger partial charge on any atom is 0.160 e. The van der Waals surface area contributed by atoms with E-state index in [-0.39, 0.29) is 0 Å². The van der Waals surface area contributed by atoms with Crippen LogP contribution < -0.4 is 9.47 Å². The van der Waals surface area contributed by atoms with Gasteiger partial charge in [0.05, 0.1) is 20.3 Å². The average molecular weight is 337 g/mol. The standard InChI is InChI=1S/C16H17BrO3/c1-19-15-8-7-11(10-16(15)20-2)9-14(18)12-5-3-4-6-13(12)17/h3-8,10,14,18H,9H2,1-2H3. The second kappa shape index (κ2) is 6.77. The first-order valence-electron chi connectivity index (χ1n) is 6.29. The molecule has 106 valence electrons. The minimum atomic E-state index is -0.566. The zero-order valence-corrected chi connectivity index (χ0v) is 13.1. The molecule has 0 spiro atoms. The molecule has 2 aromatic rings. The van der Waals surface area contributed by atoms with Gasteiger partial charge in [0.15, 0.2) is 11.5 Å². The topological polar surface area (TPSA) is 38.7 Å². The summed E-state index contributed by atoms with van der Waals surface area (Å²) in [6.07, 6.45) is -0.0492. The highest BCUT2D eigenvalue weighted by Gasteiger charge is 2.13. The molecule has 2 rings (SSSR count). The number of hydrogen-bond donors (Lipinski definition) is 1. The molecule has 3 nitrogen and oxygen atoms in total. The molecule has 0 aromatic heterocycles. The minimum absolute atomic E-state index is 0.517. The zero-order chi connectivity index (χ0) is 14.5. The third-order valence-corrected chi connectivity index (χ3v) is 3.86. The number of ether oxygens (including phenoxy) is 2. The number of rotatable bonds is 5. The first kappa shape index (κ1) is 14.9. The van der Waals surface area contributed by atoms with Crippen LogP contribution in [0.4, 0.5) is 0 Å². The molecule has 20 heavy (non-hydrogen) atoms. The summed E-state index contributed by atoms with van der Waals surface area (Å²) < 4.78 is 11.4. The highest BCUT2D eigenvalue weighted by molar-refractivity contribution is 9.10. The predicted octanol–water partition coefficient (Wildman–Crippen LogP) is 3.74. The Morgan fingerprint density at radius 1 is 1.05 bits per heavy atom. The lowest BCUT2D eigenvalue weighted by atomic mass is 10.0. The minimum Gasteiger partial charge on any atom is -0.493 e. The Balaban J connectivity index is 2.20. The quantitative estimate of drug-likeness (QED) is 0.903. The molecule has 0 bridgehead atoms. The lowest BCUT2D eigenvalue weighted by Crippen LogP contribution is -2.03. The SMILES string of the molecule is COc1ccc(CC(O)c2ccccc2Br)cc1OC. The van der Waals surface area contributed by atoms with Gasteiger partial charge in [-0.15, -0.1) is 0 Å². The van der Waals surface area contributed by atoms with E-state index < -0.39 is 6.10 Å². The number of halogens is 1. The lowest BCUT2D eigenvalue weighted by molar-refractivity contribution is 0.177. The van der Waals surface area contributed by atoms with Crippen molar-refractivity contribution < 1.29 is 14.6 Å². The Morgan fingerprint density at radius 3 is 2.40 bits per heavy atom. The van der Waals surface area contributed by atoms with Gasteiger partial charge < -0.3 is 14.6 Å². The van der Waals surface area contributed by atoms with E-state index in [1.54, 1.807) is 14.2 Å². The largest absolute Gasteiger partial charge is 0.493 e. The fourth-order valence-electron chi connectivity index (χ4n) is 2.09. The van der Waals surface area contributed by atoms with Crippen LogP contribution in [0.2, 0.25) is 0 Å². The van der Waals surface area contributed by atoms with Crippen LogP contribution >= 0.6 is 15.9 Å². The Kier molecular flexibility index (Phi) is 5.04. The van der Waals surface area contributed by atoms with Gasteiger partial charge in [0.2, 0.25) is 0 Å². The first-order valence-corrected chi connectivity index (χ1v) is 7.08. The van der Waals surface area contributed by atoms with Gasteiger partial charge in [-0.05, 0) is 29.3 Å². The molecule has 0 saturated heterocycles. The average Bonchev–Trinajstić information content (AvgIpc) is 2.47. The van der Waals surface area contributed by atoms with Crippen LogP contribution in [-0.2, 0) is 6.42 Å². The summed E-state index contributed by atoms with van der Waals surface area (Å²) in [5, 5.41) is 10.3. The predicted molar refractivity (Wildman–Crippen MR) is 82.4 cm³/mol. The molecule has 0 saturated carbocycles. The third-order valence-electron chi connectivity index (χ3n) is 3.14. The fraction of sp³-hybridized carbons (Fsp3) is 0.250. The van der Waals surface area contributed by atoms with Gasteiger partial charge in [0.1, 0.15) is 0 Å². The Morgan fingerprint density at radius 2 is 1.75 bits per heavy atom.